The summed E-state index contributed by atoms with van der Waals surface area (Å²) in [5.74, 6) is 0.421. The standard InChI is InChI=1S/C17H14ClN3O2S/c18-14-8-4-12(5-9-14)13-6-10-15(11-7-13)24(22,23)21-17-3-1-2-16(19)20-17/h1-11H,(H3,19,20,21). The molecule has 0 saturated carbocycles. The maximum absolute atomic E-state index is 12.4. The zero-order valence-corrected chi connectivity index (χ0v) is 14.1. The van der Waals surface area contributed by atoms with Crippen LogP contribution in [0.25, 0.3) is 11.1 Å². The average Bonchev–Trinajstić information content (AvgIpc) is 2.55. The number of nitrogens with two attached hydrogens (primary N) is 1. The number of aromatic nitrogens is 1. The molecule has 7 heteroatoms. The van der Waals surface area contributed by atoms with E-state index in [1.54, 1.807) is 48.5 Å². The van der Waals surface area contributed by atoms with Crippen LogP contribution in [0.3, 0.4) is 0 Å². The van der Waals surface area contributed by atoms with Gasteiger partial charge in [-0.15, -0.1) is 0 Å². The fourth-order valence-corrected chi connectivity index (χ4v) is 3.30. The lowest BCUT2D eigenvalue weighted by Gasteiger charge is -2.09. The maximum atomic E-state index is 12.4. The first-order valence-electron chi connectivity index (χ1n) is 7.05. The van der Waals surface area contributed by atoms with Crippen molar-refractivity contribution in [3.63, 3.8) is 0 Å². The topological polar surface area (TPSA) is 85.1 Å². The molecule has 3 rings (SSSR count). The van der Waals surface area contributed by atoms with Gasteiger partial charge in [0.05, 0.1) is 4.90 Å². The van der Waals surface area contributed by atoms with Gasteiger partial charge in [-0.2, -0.15) is 0 Å². The highest BCUT2D eigenvalue weighted by molar-refractivity contribution is 7.92. The predicted molar refractivity (Wildman–Crippen MR) is 96.3 cm³/mol. The Morgan fingerprint density at radius 1 is 0.875 bits per heavy atom. The monoisotopic (exact) mass is 359 g/mol. The van der Waals surface area contributed by atoms with E-state index < -0.39 is 10.0 Å². The highest BCUT2D eigenvalue weighted by Gasteiger charge is 2.15. The summed E-state index contributed by atoms with van der Waals surface area (Å²) < 4.78 is 27.2. The van der Waals surface area contributed by atoms with E-state index >= 15 is 0 Å². The van der Waals surface area contributed by atoms with Crippen LogP contribution in [0.5, 0.6) is 0 Å². The van der Waals surface area contributed by atoms with Crippen LogP contribution in [-0.4, -0.2) is 13.4 Å². The molecular weight excluding hydrogens is 346 g/mol. The van der Waals surface area contributed by atoms with Gasteiger partial charge in [0.1, 0.15) is 11.6 Å². The van der Waals surface area contributed by atoms with Crippen LogP contribution in [0.15, 0.2) is 71.6 Å². The van der Waals surface area contributed by atoms with E-state index in [-0.39, 0.29) is 16.5 Å². The summed E-state index contributed by atoms with van der Waals surface area (Å²) in [4.78, 5) is 4.08. The smallest absolute Gasteiger partial charge is 0.263 e. The van der Waals surface area contributed by atoms with Crippen molar-refractivity contribution in [2.75, 3.05) is 10.5 Å². The minimum absolute atomic E-state index is 0.143. The molecule has 0 unspecified atom stereocenters. The molecule has 122 valence electrons. The third kappa shape index (κ3) is 3.67. The fourth-order valence-electron chi connectivity index (χ4n) is 2.17. The van der Waals surface area contributed by atoms with Crippen molar-refractivity contribution in [3.8, 4) is 11.1 Å². The van der Waals surface area contributed by atoms with Gasteiger partial charge in [-0.3, -0.25) is 4.72 Å². The van der Waals surface area contributed by atoms with Crippen LogP contribution in [0.2, 0.25) is 5.02 Å². The highest BCUT2D eigenvalue weighted by atomic mass is 35.5. The van der Waals surface area contributed by atoms with Crippen LogP contribution < -0.4 is 10.5 Å². The van der Waals surface area contributed by atoms with Crippen LogP contribution >= 0.6 is 11.6 Å². The minimum atomic E-state index is -3.72. The number of hydrogen-bond donors (Lipinski definition) is 2. The summed E-state index contributed by atoms with van der Waals surface area (Å²) in [6.07, 6.45) is 0. The van der Waals surface area contributed by atoms with Crippen molar-refractivity contribution in [1.82, 2.24) is 4.98 Å². The summed E-state index contributed by atoms with van der Waals surface area (Å²) in [5, 5.41) is 0.650. The molecule has 1 heterocycles. The molecule has 3 aromatic rings. The molecule has 0 radical (unpaired) electrons. The van der Waals surface area contributed by atoms with Gasteiger partial charge in [0.2, 0.25) is 0 Å². The summed E-state index contributed by atoms with van der Waals surface area (Å²) in [6, 6.07) is 18.6. The Bertz CT molecular complexity index is 956. The van der Waals surface area contributed by atoms with Crippen molar-refractivity contribution in [2.45, 2.75) is 4.90 Å². The number of sulfonamides is 1. The summed E-state index contributed by atoms with van der Waals surface area (Å²) >= 11 is 5.87. The van der Waals surface area contributed by atoms with Crippen molar-refractivity contribution in [1.29, 1.82) is 0 Å². The molecule has 0 atom stereocenters. The van der Waals surface area contributed by atoms with Crippen molar-refractivity contribution in [2.24, 2.45) is 0 Å². The van der Waals surface area contributed by atoms with Crippen LogP contribution in [0, 0.1) is 0 Å². The Kier molecular flexibility index (Phi) is 4.42. The molecule has 0 spiro atoms. The third-order valence-corrected chi connectivity index (χ3v) is 4.97. The Morgan fingerprint density at radius 3 is 2.04 bits per heavy atom. The molecule has 5 nitrogen and oxygen atoms in total. The van der Waals surface area contributed by atoms with Gasteiger partial charge in [-0.1, -0.05) is 41.9 Å². The number of rotatable bonds is 4. The van der Waals surface area contributed by atoms with Gasteiger partial charge in [0.25, 0.3) is 10.0 Å². The second-order valence-corrected chi connectivity index (χ2v) is 7.20. The molecule has 0 aliphatic rings. The maximum Gasteiger partial charge on any atom is 0.263 e. The van der Waals surface area contributed by atoms with Gasteiger partial charge >= 0.3 is 0 Å². The van der Waals surface area contributed by atoms with Crippen LogP contribution in [0.4, 0.5) is 11.6 Å². The summed E-state index contributed by atoms with van der Waals surface area (Å²) in [7, 11) is -3.72. The molecule has 24 heavy (non-hydrogen) atoms. The minimum Gasteiger partial charge on any atom is -0.384 e. The lowest BCUT2D eigenvalue weighted by atomic mass is 10.1. The second-order valence-electron chi connectivity index (χ2n) is 5.08. The molecular formula is C17H14ClN3O2S. The van der Waals surface area contributed by atoms with E-state index in [0.29, 0.717) is 5.02 Å². The summed E-state index contributed by atoms with van der Waals surface area (Å²) in [5.41, 5.74) is 7.40. The molecule has 0 aliphatic heterocycles. The predicted octanol–water partition coefficient (Wildman–Crippen LogP) is 3.79. The van der Waals surface area contributed by atoms with E-state index in [2.05, 4.69) is 9.71 Å². The summed E-state index contributed by atoms with van der Waals surface area (Å²) in [6.45, 7) is 0. The molecule has 0 aliphatic carbocycles. The van der Waals surface area contributed by atoms with Gasteiger partial charge in [0.15, 0.2) is 0 Å². The third-order valence-electron chi connectivity index (χ3n) is 3.35. The SMILES string of the molecule is Nc1cccc(NS(=O)(=O)c2ccc(-c3ccc(Cl)cc3)cc2)n1. The Morgan fingerprint density at radius 2 is 1.46 bits per heavy atom. The molecule has 1 aromatic heterocycles. The lowest BCUT2D eigenvalue weighted by Crippen LogP contribution is -2.14. The number of pyridine rings is 1. The second kappa shape index (κ2) is 6.51. The molecule has 0 saturated heterocycles. The van der Waals surface area contributed by atoms with Gasteiger partial charge in [-0.05, 0) is 47.5 Å². The first-order chi connectivity index (χ1) is 11.4. The van der Waals surface area contributed by atoms with Crippen LogP contribution in [-0.2, 0) is 10.0 Å². The van der Waals surface area contributed by atoms with Gasteiger partial charge in [0, 0.05) is 5.02 Å². The first-order valence-corrected chi connectivity index (χ1v) is 8.91. The van der Waals surface area contributed by atoms with Gasteiger partial charge in [-0.25, -0.2) is 13.4 Å². The zero-order valence-electron chi connectivity index (χ0n) is 12.5. The van der Waals surface area contributed by atoms with Crippen molar-refractivity contribution >= 4 is 33.3 Å². The first kappa shape index (κ1) is 16.3. The quantitative estimate of drug-likeness (QED) is 0.742. The van der Waals surface area contributed by atoms with E-state index in [4.69, 9.17) is 17.3 Å². The number of halogens is 1. The molecule has 0 amide bonds. The Labute approximate surface area is 145 Å². The zero-order chi connectivity index (χ0) is 17.2. The van der Waals surface area contributed by atoms with Crippen molar-refractivity contribution in [3.05, 3.63) is 71.8 Å². The number of anilines is 2. The van der Waals surface area contributed by atoms with E-state index in [9.17, 15) is 8.42 Å². The van der Waals surface area contributed by atoms with Crippen LogP contribution in [0.1, 0.15) is 0 Å². The largest absolute Gasteiger partial charge is 0.384 e. The molecule has 3 N–H and O–H groups in total. The van der Waals surface area contributed by atoms with E-state index in [1.165, 1.54) is 6.07 Å². The lowest BCUT2D eigenvalue weighted by molar-refractivity contribution is 0.601. The Hall–Kier alpha value is -2.57. The molecule has 0 fully saturated rings. The number of nitrogen functional groups attached to an aromatic ring is 1. The number of nitrogens with zero attached hydrogens (tertiary/aromatic N) is 1. The van der Waals surface area contributed by atoms with E-state index in [0.717, 1.165) is 11.1 Å². The molecule has 2 aromatic carbocycles. The number of hydrogen-bond acceptors (Lipinski definition) is 4. The van der Waals surface area contributed by atoms with Crippen molar-refractivity contribution < 1.29 is 8.42 Å². The number of nitrogens with one attached hydrogen (secondary N) is 1. The highest BCUT2D eigenvalue weighted by Crippen LogP contribution is 2.24. The van der Waals surface area contributed by atoms with Gasteiger partial charge < -0.3 is 5.73 Å². The average molecular weight is 360 g/mol. The molecule has 0 bridgehead atoms. The normalized spacial score (nSPS) is 11.2. The number of benzene rings is 2. The van der Waals surface area contributed by atoms with E-state index in [1.807, 2.05) is 12.1 Å². The fraction of sp³-hybridized carbons (Fsp3) is 0. The Balaban J connectivity index is 1.85.